The highest BCUT2D eigenvalue weighted by molar-refractivity contribution is 5.80. The molecule has 0 aliphatic heterocycles. The number of nitrogens with one attached hydrogen (secondary N) is 1. The summed E-state index contributed by atoms with van der Waals surface area (Å²) in [6, 6.07) is 9.59. The third-order valence-corrected chi connectivity index (χ3v) is 2.31. The van der Waals surface area contributed by atoms with Crippen LogP contribution in [0.4, 0.5) is 0 Å². The zero-order valence-electron chi connectivity index (χ0n) is 10.5. The molecule has 0 radical (unpaired) electrons. The van der Waals surface area contributed by atoms with Crippen LogP contribution in [-0.4, -0.2) is 37.5 Å². The minimum Gasteiger partial charge on any atom is -0.347 e. The molecule has 0 aliphatic carbocycles. The van der Waals surface area contributed by atoms with Gasteiger partial charge in [0.05, 0.1) is 12.6 Å². The third kappa shape index (κ3) is 4.71. The van der Waals surface area contributed by atoms with Crippen molar-refractivity contribution in [2.45, 2.75) is 13.0 Å². The fourth-order valence-corrected chi connectivity index (χ4v) is 1.35. The van der Waals surface area contributed by atoms with Gasteiger partial charge in [-0.3, -0.25) is 10.1 Å². The Kier molecular flexibility index (Phi) is 5.25. The molecule has 1 N–H and O–H groups in total. The molecule has 3 nitrogen and oxygen atoms in total. The number of benzene rings is 1. The van der Waals surface area contributed by atoms with E-state index >= 15 is 0 Å². The van der Waals surface area contributed by atoms with E-state index in [1.807, 2.05) is 37.3 Å². The lowest BCUT2D eigenvalue weighted by Gasteiger charge is -2.16. The molecule has 0 saturated heterocycles. The highest BCUT2D eigenvalue weighted by atomic mass is 16.2. The fourth-order valence-electron chi connectivity index (χ4n) is 1.35. The van der Waals surface area contributed by atoms with Crippen LogP contribution in [0, 0.1) is 11.8 Å². The largest absolute Gasteiger partial charge is 0.347 e. The van der Waals surface area contributed by atoms with Crippen LogP contribution in [0.15, 0.2) is 30.3 Å². The van der Waals surface area contributed by atoms with E-state index in [4.69, 9.17) is 0 Å². The number of nitrogens with zero attached hydrogens (tertiary/aromatic N) is 1. The van der Waals surface area contributed by atoms with Crippen molar-refractivity contribution in [1.82, 2.24) is 10.2 Å². The van der Waals surface area contributed by atoms with Crippen LogP contribution in [0.1, 0.15) is 12.5 Å². The lowest BCUT2D eigenvalue weighted by atomic mass is 10.2. The summed E-state index contributed by atoms with van der Waals surface area (Å²) >= 11 is 0. The van der Waals surface area contributed by atoms with Crippen LogP contribution in [0.3, 0.4) is 0 Å². The molecular weight excluding hydrogens is 212 g/mol. The maximum absolute atomic E-state index is 11.5. The number of likely N-dealkylation sites (N-methyl/N-ethyl adjacent to an activating group) is 1. The summed E-state index contributed by atoms with van der Waals surface area (Å²) in [6.45, 7) is 2.35. The molecule has 0 bridgehead atoms. The van der Waals surface area contributed by atoms with Crippen LogP contribution in [0.25, 0.3) is 0 Å². The molecular formula is C14H18N2O. The SMILES string of the molecule is CC(NCC#Cc1ccccc1)C(=O)N(C)C. The van der Waals surface area contributed by atoms with Crippen molar-refractivity contribution >= 4 is 5.91 Å². The van der Waals surface area contributed by atoms with Crippen molar-refractivity contribution in [2.75, 3.05) is 20.6 Å². The van der Waals surface area contributed by atoms with Crippen LogP contribution >= 0.6 is 0 Å². The fraction of sp³-hybridized carbons (Fsp3) is 0.357. The zero-order chi connectivity index (χ0) is 12.7. The molecule has 0 aromatic heterocycles. The third-order valence-electron chi connectivity index (χ3n) is 2.31. The molecule has 0 heterocycles. The monoisotopic (exact) mass is 230 g/mol. The molecule has 3 heteroatoms. The van der Waals surface area contributed by atoms with Crippen LogP contribution in [0.5, 0.6) is 0 Å². The average Bonchev–Trinajstić information content (AvgIpc) is 2.34. The van der Waals surface area contributed by atoms with Crippen LogP contribution < -0.4 is 5.32 Å². The molecule has 90 valence electrons. The Morgan fingerprint density at radius 1 is 1.35 bits per heavy atom. The average molecular weight is 230 g/mol. The molecule has 1 unspecified atom stereocenters. The molecule has 0 saturated carbocycles. The van der Waals surface area contributed by atoms with Crippen LogP contribution in [0.2, 0.25) is 0 Å². The Morgan fingerprint density at radius 2 is 2.00 bits per heavy atom. The molecule has 1 aromatic carbocycles. The summed E-state index contributed by atoms with van der Waals surface area (Å²) in [5, 5.41) is 3.07. The summed E-state index contributed by atoms with van der Waals surface area (Å²) in [4.78, 5) is 13.1. The Bertz CT molecular complexity index is 415. The minimum absolute atomic E-state index is 0.0616. The second kappa shape index (κ2) is 6.72. The zero-order valence-corrected chi connectivity index (χ0v) is 10.5. The van der Waals surface area contributed by atoms with Gasteiger partial charge in [-0.2, -0.15) is 0 Å². The molecule has 0 spiro atoms. The van der Waals surface area contributed by atoms with E-state index < -0.39 is 0 Å². The summed E-state index contributed by atoms with van der Waals surface area (Å²) in [7, 11) is 3.49. The maximum Gasteiger partial charge on any atom is 0.238 e. The van der Waals surface area contributed by atoms with E-state index in [0.717, 1.165) is 5.56 Å². The second-order valence-corrected chi connectivity index (χ2v) is 4.00. The number of hydrogen-bond donors (Lipinski definition) is 1. The number of carbonyl (C=O) groups excluding carboxylic acids is 1. The first kappa shape index (κ1) is 13.3. The molecule has 1 atom stereocenters. The molecule has 1 rings (SSSR count). The quantitative estimate of drug-likeness (QED) is 0.789. The number of amides is 1. The van der Waals surface area contributed by atoms with Gasteiger partial charge in [0.15, 0.2) is 0 Å². The van der Waals surface area contributed by atoms with Crippen molar-refractivity contribution < 1.29 is 4.79 Å². The van der Waals surface area contributed by atoms with Crippen LogP contribution in [-0.2, 0) is 4.79 Å². The van der Waals surface area contributed by atoms with Crippen molar-refractivity contribution in [1.29, 1.82) is 0 Å². The summed E-state index contributed by atoms with van der Waals surface area (Å²) in [6.07, 6.45) is 0. The van der Waals surface area contributed by atoms with E-state index in [1.165, 1.54) is 0 Å². The molecule has 17 heavy (non-hydrogen) atoms. The van der Waals surface area contributed by atoms with Gasteiger partial charge in [0, 0.05) is 19.7 Å². The summed E-state index contributed by atoms with van der Waals surface area (Å²) in [5.41, 5.74) is 0.987. The van der Waals surface area contributed by atoms with E-state index in [9.17, 15) is 4.79 Å². The van der Waals surface area contributed by atoms with E-state index in [1.54, 1.807) is 19.0 Å². The Labute approximate surface area is 103 Å². The number of rotatable bonds is 3. The van der Waals surface area contributed by atoms with Gasteiger partial charge in [-0.25, -0.2) is 0 Å². The first-order chi connectivity index (χ1) is 8.11. The van der Waals surface area contributed by atoms with E-state index in [2.05, 4.69) is 17.2 Å². The standard InChI is InChI=1S/C14H18N2O/c1-12(14(17)16(2)3)15-11-7-10-13-8-5-4-6-9-13/h4-6,8-9,12,15H,11H2,1-3H3. The smallest absolute Gasteiger partial charge is 0.238 e. The Balaban J connectivity index is 2.38. The van der Waals surface area contributed by atoms with Gasteiger partial charge in [0.25, 0.3) is 0 Å². The van der Waals surface area contributed by atoms with Crippen molar-refractivity contribution in [3.63, 3.8) is 0 Å². The summed E-state index contributed by atoms with van der Waals surface area (Å²) < 4.78 is 0. The van der Waals surface area contributed by atoms with Gasteiger partial charge in [-0.05, 0) is 19.1 Å². The highest BCUT2D eigenvalue weighted by Crippen LogP contribution is 1.94. The lowest BCUT2D eigenvalue weighted by Crippen LogP contribution is -2.41. The van der Waals surface area contributed by atoms with Gasteiger partial charge in [-0.1, -0.05) is 30.0 Å². The highest BCUT2D eigenvalue weighted by Gasteiger charge is 2.12. The predicted molar refractivity (Wildman–Crippen MR) is 69.5 cm³/mol. The Hall–Kier alpha value is -1.79. The lowest BCUT2D eigenvalue weighted by molar-refractivity contribution is -0.130. The topological polar surface area (TPSA) is 32.3 Å². The van der Waals surface area contributed by atoms with Gasteiger partial charge in [0.2, 0.25) is 5.91 Å². The van der Waals surface area contributed by atoms with Gasteiger partial charge >= 0.3 is 0 Å². The molecule has 1 amide bonds. The van der Waals surface area contributed by atoms with E-state index in [-0.39, 0.29) is 11.9 Å². The maximum atomic E-state index is 11.5. The minimum atomic E-state index is -0.199. The van der Waals surface area contributed by atoms with E-state index in [0.29, 0.717) is 6.54 Å². The summed E-state index contributed by atoms with van der Waals surface area (Å²) in [5.74, 6) is 6.09. The number of carbonyl (C=O) groups is 1. The van der Waals surface area contributed by atoms with Gasteiger partial charge < -0.3 is 4.90 Å². The molecule has 1 aromatic rings. The molecule has 0 aliphatic rings. The first-order valence-electron chi connectivity index (χ1n) is 5.59. The van der Waals surface area contributed by atoms with Crippen molar-refractivity contribution in [3.05, 3.63) is 35.9 Å². The normalized spacial score (nSPS) is 11.2. The predicted octanol–water partition coefficient (Wildman–Crippen LogP) is 1.10. The first-order valence-corrected chi connectivity index (χ1v) is 5.59. The molecule has 0 fully saturated rings. The number of hydrogen-bond acceptors (Lipinski definition) is 2. The Morgan fingerprint density at radius 3 is 2.59 bits per heavy atom. The second-order valence-electron chi connectivity index (χ2n) is 4.00. The van der Waals surface area contributed by atoms with Gasteiger partial charge in [-0.15, -0.1) is 0 Å². The van der Waals surface area contributed by atoms with Crippen molar-refractivity contribution in [2.24, 2.45) is 0 Å². The van der Waals surface area contributed by atoms with Gasteiger partial charge in [0.1, 0.15) is 0 Å². The van der Waals surface area contributed by atoms with Crippen molar-refractivity contribution in [3.8, 4) is 11.8 Å².